The molecule has 1 N–H and O–H groups in total. The van der Waals surface area contributed by atoms with Gasteiger partial charge in [-0.15, -0.1) is 11.3 Å². The Balaban J connectivity index is 1.24. The van der Waals surface area contributed by atoms with Crippen molar-refractivity contribution in [1.29, 1.82) is 0 Å². The van der Waals surface area contributed by atoms with Crippen molar-refractivity contribution in [3.05, 3.63) is 62.5 Å². The minimum Gasteiger partial charge on any atom is -0.468 e. The van der Waals surface area contributed by atoms with Gasteiger partial charge in [-0.25, -0.2) is 19.0 Å². The molecular weight excluding hydrogens is 637 g/mol. The van der Waals surface area contributed by atoms with E-state index in [9.17, 15) is 18.8 Å². The Morgan fingerprint density at radius 1 is 1.13 bits per heavy atom. The summed E-state index contributed by atoms with van der Waals surface area (Å²) in [5, 5.41) is 5.94. The van der Waals surface area contributed by atoms with Gasteiger partial charge in [0.2, 0.25) is 0 Å². The quantitative estimate of drug-likeness (QED) is 0.422. The summed E-state index contributed by atoms with van der Waals surface area (Å²) in [6, 6.07) is 2.75. The molecule has 1 aromatic carbocycles. The lowest BCUT2D eigenvalue weighted by atomic mass is 9.95. The van der Waals surface area contributed by atoms with Crippen molar-refractivity contribution in [2.45, 2.75) is 50.5 Å². The average molecular weight is 674 g/mol. The van der Waals surface area contributed by atoms with Gasteiger partial charge in [-0.2, -0.15) is 0 Å². The van der Waals surface area contributed by atoms with Crippen LogP contribution in [0.1, 0.15) is 36.9 Å². The molecule has 2 aromatic rings. The zero-order valence-corrected chi connectivity index (χ0v) is 27.7. The topological polar surface area (TPSA) is 120 Å². The smallest absolute Gasteiger partial charge is 0.338 e. The van der Waals surface area contributed by atoms with Crippen LogP contribution < -0.4 is 5.32 Å². The number of methoxy groups -OCH3 is 2. The van der Waals surface area contributed by atoms with Crippen molar-refractivity contribution in [3.8, 4) is 0 Å². The van der Waals surface area contributed by atoms with Crippen molar-refractivity contribution in [1.82, 2.24) is 29.9 Å². The second kappa shape index (κ2) is 13.3. The zero-order chi connectivity index (χ0) is 32.7. The first kappa shape index (κ1) is 32.4. The molecule has 2 amide bonds. The zero-order valence-electron chi connectivity index (χ0n) is 26.1. The van der Waals surface area contributed by atoms with Crippen molar-refractivity contribution < 1.29 is 28.2 Å². The monoisotopic (exact) mass is 673 g/mol. The molecule has 1 aromatic heterocycles. The number of carbonyl (C=O) groups excluding carboxylic acids is 3. The summed E-state index contributed by atoms with van der Waals surface area (Å²) in [6.07, 6.45) is 2.20. The van der Waals surface area contributed by atoms with Crippen LogP contribution in [0.4, 0.5) is 9.18 Å². The summed E-state index contributed by atoms with van der Waals surface area (Å²) in [5.74, 6) is -0.877. The molecule has 4 atom stereocenters. The first-order valence-corrected chi connectivity index (χ1v) is 16.5. The molecule has 0 spiro atoms. The first-order chi connectivity index (χ1) is 22.1. The number of amides is 2. The van der Waals surface area contributed by atoms with E-state index in [1.54, 1.807) is 6.20 Å². The van der Waals surface area contributed by atoms with E-state index < -0.39 is 17.8 Å². The number of aromatic nitrogens is 1. The Labute approximate surface area is 275 Å². The van der Waals surface area contributed by atoms with Gasteiger partial charge in [0.1, 0.15) is 17.9 Å². The Morgan fingerprint density at radius 2 is 1.93 bits per heavy atom. The van der Waals surface area contributed by atoms with E-state index >= 15 is 0 Å². The highest BCUT2D eigenvalue weighted by Crippen LogP contribution is 2.37. The molecular formula is C31H37ClFN7O5S. The van der Waals surface area contributed by atoms with Gasteiger partial charge in [0.25, 0.3) is 0 Å². The van der Waals surface area contributed by atoms with Crippen LogP contribution in [0.2, 0.25) is 5.02 Å². The van der Waals surface area contributed by atoms with Gasteiger partial charge in [-0.05, 0) is 32.4 Å². The number of nitrogens with zero attached hydrogens (tertiary/aromatic N) is 6. The van der Waals surface area contributed by atoms with Crippen LogP contribution in [-0.2, 0) is 19.1 Å². The second-order valence-electron chi connectivity index (χ2n) is 12.1. The maximum absolute atomic E-state index is 14.0. The molecule has 46 heavy (non-hydrogen) atoms. The summed E-state index contributed by atoms with van der Waals surface area (Å²) < 4.78 is 24.3. The average Bonchev–Trinajstić information content (AvgIpc) is 3.80. The molecule has 4 aliphatic heterocycles. The van der Waals surface area contributed by atoms with Crippen LogP contribution in [0.3, 0.4) is 0 Å². The Hall–Kier alpha value is -3.59. The molecule has 0 radical (unpaired) electrons. The summed E-state index contributed by atoms with van der Waals surface area (Å²) in [4.78, 5) is 56.8. The number of thiazole rings is 1. The summed E-state index contributed by atoms with van der Waals surface area (Å²) in [6.45, 7) is 7.25. The molecule has 0 aliphatic carbocycles. The maximum atomic E-state index is 14.0. The molecule has 3 saturated heterocycles. The molecule has 3 fully saturated rings. The number of esters is 2. The van der Waals surface area contributed by atoms with Gasteiger partial charge < -0.3 is 24.6 Å². The summed E-state index contributed by atoms with van der Waals surface area (Å²) in [7, 11) is 2.70. The number of carbonyl (C=O) groups is 3. The van der Waals surface area contributed by atoms with Crippen LogP contribution in [0, 0.1) is 5.82 Å². The van der Waals surface area contributed by atoms with E-state index in [0.717, 1.165) is 0 Å². The molecule has 4 aliphatic rings. The minimum absolute atomic E-state index is 0.0154. The van der Waals surface area contributed by atoms with Crippen molar-refractivity contribution in [3.63, 3.8) is 0 Å². The lowest BCUT2D eigenvalue weighted by Gasteiger charge is -2.38. The predicted octanol–water partition coefficient (Wildman–Crippen LogP) is 2.90. The van der Waals surface area contributed by atoms with Gasteiger partial charge in [0.15, 0.2) is 10.8 Å². The molecule has 0 bridgehead atoms. The Bertz CT molecular complexity index is 1570. The highest BCUT2D eigenvalue weighted by molar-refractivity contribution is 7.11. The highest BCUT2D eigenvalue weighted by atomic mass is 35.5. The third-order valence-electron chi connectivity index (χ3n) is 9.17. The number of urea groups is 1. The Kier molecular flexibility index (Phi) is 9.33. The normalized spacial score (nSPS) is 25.5. The molecule has 246 valence electrons. The number of piperazine rings is 1. The van der Waals surface area contributed by atoms with E-state index in [2.05, 4.69) is 20.1 Å². The molecule has 12 nitrogen and oxygen atoms in total. The van der Waals surface area contributed by atoms with Gasteiger partial charge in [0.05, 0.1) is 25.8 Å². The number of halogens is 2. The van der Waals surface area contributed by atoms with Crippen LogP contribution in [0.5, 0.6) is 0 Å². The third-order valence-corrected chi connectivity index (χ3v) is 10.3. The molecule has 5 heterocycles. The van der Waals surface area contributed by atoms with Gasteiger partial charge in [-0.1, -0.05) is 17.7 Å². The van der Waals surface area contributed by atoms with Crippen LogP contribution in [0.25, 0.3) is 0 Å². The molecule has 0 saturated carbocycles. The number of likely N-dealkylation sites (tertiary alicyclic amines) is 1. The fourth-order valence-corrected chi connectivity index (χ4v) is 7.80. The predicted molar refractivity (Wildman–Crippen MR) is 170 cm³/mol. The number of benzene rings is 1. The number of ether oxygens (including phenoxy) is 2. The van der Waals surface area contributed by atoms with Crippen LogP contribution >= 0.6 is 22.9 Å². The van der Waals surface area contributed by atoms with Crippen molar-refractivity contribution in [2.75, 3.05) is 53.5 Å². The number of aliphatic imine (C=N–C) groups is 1. The summed E-state index contributed by atoms with van der Waals surface area (Å²) >= 11 is 7.89. The number of hydrogen-bond acceptors (Lipinski definition) is 11. The van der Waals surface area contributed by atoms with Gasteiger partial charge in [-0.3, -0.25) is 19.6 Å². The van der Waals surface area contributed by atoms with E-state index in [-0.39, 0.29) is 46.8 Å². The summed E-state index contributed by atoms with van der Waals surface area (Å²) in [5.41, 5.74) is 1.32. The molecule has 15 heteroatoms. The van der Waals surface area contributed by atoms with E-state index in [0.29, 0.717) is 67.8 Å². The Morgan fingerprint density at radius 3 is 2.61 bits per heavy atom. The highest BCUT2D eigenvalue weighted by Gasteiger charge is 2.48. The van der Waals surface area contributed by atoms with Crippen LogP contribution in [0.15, 0.2) is 46.0 Å². The SMILES string of the molecule is COC(=O)C1=C(CN2CCN3C(=O)N([C@@H]4C[C@@H](C(=O)OC)N(C(C)C)C4)C[C@@H]3C2)NC(c2nccs2)=N[C@H]1c1ccc(F)cc1Cl. The molecule has 0 unspecified atom stereocenters. The standard InChI is InChI=1S/C31H37ClFN7O5S/c1-17(2)39-14-19(12-24(39)29(41)44-3)40-15-20-13-37(8-9-38(20)31(40)43)16-23-25(30(42)45-4)26(21-6-5-18(33)11-22(21)32)36-27(35-23)28-34-7-10-46-28/h5-7,10-11,17,19-20,24,26H,8-9,12-16H2,1-4H3,(H,35,36)/t19-,20+,24+,26+/m1/s1. The maximum Gasteiger partial charge on any atom is 0.338 e. The van der Waals surface area contributed by atoms with E-state index in [1.165, 1.54) is 43.8 Å². The number of amidine groups is 1. The van der Waals surface area contributed by atoms with E-state index in [1.807, 2.05) is 29.0 Å². The van der Waals surface area contributed by atoms with Crippen molar-refractivity contribution >= 4 is 46.7 Å². The number of nitrogens with one attached hydrogen (secondary N) is 1. The van der Waals surface area contributed by atoms with Gasteiger partial charge >= 0.3 is 18.0 Å². The second-order valence-corrected chi connectivity index (χ2v) is 13.4. The largest absolute Gasteiger partial charge is 0.468 e. The fraction of sp³-hybridized carbons (Fsp3) is 0.516. The van der Waals surface area contributed by atoms with E-state index in [4.69, 9.17) is 26.1 Å². The molecule has 6 rings (SSSR count). The number of fused-ring (bicyclic) bond motifs is 1. The van der Waals surface area contributed by atoms with Crippen LogP contribution in [-0.4, -0.2) is 126 Å². The van der Waals surface area contributed by atoms with Crippen molar-refractivity contribution in [2.24, 2.45) is 4.99 Å². The van der Waals surface area contributed by atoms with Gasteiger partial charge in [0, 0.05) is 79.2 Å². The third kappa shape index (κ3) is 6.10. The lowest BCUT2D eigenvalue weighted by Crippen LogP contribution is -2.53. The first-order valence-electron chi connectivity index (χ1n) is 15.2. The minimum atomic E-state index is -0.852. The number of rotatable bonds is 8. The fourth-order valence-electron chi connectivity index (χ4n) is 6.94. The lowest BCUT2D eigenvalue weighted by molar-refractivity contribution is -0.146. The number of hydrogen-bond donors (Lipinski definition) is 1.